The second-order valence-corrected chi connectivity index (χ2v) is 5.17. The largest absolute Gasteiger partial charge is 0.322 e. The highest BCUT2D eigenvalue weighted by Crippen LogP contribution is 2.32. The van der Waals surface area contributed by atoms with E-state index >= 15 is 0 Å². The third-order valence-corrected chi connectivity index (χ3v) is 3.71. The van der Waals surface area contributed by atoms with E-state index in [1.165, 1.54) is 18.5 Å². The molecule has 4 rings (SSSR count). The minimum Gasteiger partial charge on any atom is -0.322 e. The lowest BCUT2D eigenvalue weighted by molar-refractivity contribution is 0.627. The standard InChI is InChI=1S/C18H13FN4/c19-14-6-8-15(9-7-14)23-10-16(13-4-2-1-3-5-13)17(11-23)18-20-12-21-22-18/h1-12H,(H,20,21,22). The number of hydrogen-bond donors (Lipinski definition) is 1. The van der Waals surface area contributed by atoms with Crippen molar-refractivity contribution in [3.63, 3.8) is 0 Å². The lowest BCUT2D eigenvalue weighted by Gasteiger charge is -2.02. The van der Waals surface area contributed by atoms with Crippen LogP contribution in [0.15, 0.2) is 73.3 Å². The van der Waals surface area contributed by atoms with E-state index in [-0.39, 0.29) is 5.82 Å². The maximum Gasteiger partial charge on any atom is 0.157 e. The average Bonchev–Trinajstić information content (AvgIpc) is 3.26. The van der Waals surface area contributed by atoms with Gasteiger partial charge in [-0.15, -0.1) is 0 Å². The quantitative estimate of drug-likeness (QED) is 0.620. The molecule has 23 heavy (non-hydrogen) atoms. The minimum atomic E-state index is -0.250. The van der Waals surface area contributed by atoms with Crippen LogP contribution in [-0.4, -0.2) is 19.7 Å². The van der Waals surface area contributed by atoms with Gasteiger partial charge in [-0.05, 0) is 29.8 Å². The molecule has 0 spiro atoms. The van der Waals surface area contributed by atoms with Crippen LogP contribution in [-0.2, 0) is 0 Å². The van der Waals surface area contributed by atoms with Gasteiger partial charge in [-0.25, -0.2) is 9.37 Å². The predicted octanol–water partition coefficient (Wildman–Crippen LogP) is 4.07. The summed E-state index contributed by atoms with van der Waals surface area (Å²) in [6.07, 6.45) is 5.47. The van der Waals surface area contributed by atoms with Gasteiger partial charge < -0.3 is 4.57 Å². The van der Waals surface area contributed by atoms with Crippen LogP contribution < -0.4 is 0 Å². The molecule has 0 radical (unpaired) electrons. The predicted molar refractivity (Wildman–Crippen MR) is 86.5 cm³/mol. The summed E-state index contributed by atoms with van der Waals surface area (Å²) in [6, 6.07) is 16.5. The highest BCUT2D eigenvalue weighted by molar-refractivity contribution is 5.80. The first-order valence-corrected chi connectivity index (χ1v) is 7.20. The Hall–Kier alpha value is -3.21. The first kappa shape index (κ1) is 13.5. The Bertz CT molecular complexity index is 910. The first-order valence-electron chi connectivity index (χ1n) is 7.20. The number of nitrogens with zero attached hydrogens (tertiary/aromatic N) is 3. The third-order valence-electron chi connectivity index (χ3n) is 3.71. The molecule has 2 heterocycles. The Balaban J connectivity index is 1.89. The molecule has 0 amide bonds. The van der Waals surface area contributed by atoms with E-state index in [9.17, 15) is 4.39 Å². The highest BCUT2D eigenvalue weighted by atomic mass is 19.1. The fraction of sp³-hybridized carbons (Fsp3) is 0. The topological polar surface area (TPSA) is 46.5 Å². The smallest absolute Gasteiger partial charge is 0.157 e. The fourth-order valence-corrected chi connectivity index (χ4v) is 2.59. The molecule has 0 fully saturated rings. The first-order chi connectivity index (χ1) is 11.3. The molecule has 0 bridgehead atoms. The van der Waals surface area contributed by atoms with Crippen molar-refractivity contribution < 1.29 is 4.39 Å². The van der Waals surface area contributed by atoms with Gasteiger partial charge >= 0.3 is 0 Å². The summed E-state index contributed by atoms with van der Waals surface area (Å²) in [6.45, 7) is 0. The van der Waals surface area contributed by atoms with Gasteiger partial charge in [-0.1, -0.05) is 30.3 Å². The van der Waals surface area contributed by atoms with Crippen LogP contribution in [0.25, 0.3) is 28.2 Å². The number of hydrogen-bond acceptors (Lipinski definition) is 2. The van der Waals surface area contributed by atoms with Crippen molar-refractivity contribution in [1.82, 2.24) is 19.7 Å². The lowest BCUT2D eigenvalue weighted by atomic mass is 10.0. The summed E-state index contributed by atoms with van der Waals surface area (Å²) in [5, 5.41) is 6.84. The van der Waals surface area contributed by atoms with Crippen molar-refractivity contribution in [2.24, 2.45) is 0 Å². The highest BCUT2D eigenvalue weighted by Gasteiger charge is 2.14. The monoisotopic (exact) mass is 304 g/mol. The zero-order valence-electron chi connectivity index (χ0n) is 12.1. The molecule has 5 heteroatoms. The van der Waals surface area contributed by atoms with Crippen molar-refractivity contribution in [3.8, 4) is 28.2 Å². The van der Waals surface area contributed by atoms with Crippen LogP contribution in [0.2, 0.25) is 0 Å². The molecule has 0 aliphatic rings. The molecule has 1 N–H and O–H groups in total. The Labute approximate surface area is 132 Å². The molecular formula is C18H13FN4. The molecule has 4 nitrogen and oxygen atoms in total. The molecule has 112 valence electrons. The Morgan fingerprint density at radius 3 is 2.30 bits per heavy atom. The maximum atomic E-state index is 13.1. The average molecular weight is 304 g/mol. The summed E-state index contributed by atoms with van der Waals surface area (Å²) in [5.41, 5.74) is 3.94. The molecule has 0 atom stereocenters. The van der Waals surface area contributed by atoms with E-state index in [1.54, 1.807) is 12.1 Å². The zero-order chi connectivity index (χ0) is 15.6. The molecule has 0 unspecified atom stereocenters. The Morgan fingerprint density at radius 2 is 1.61 bits per heavy atom. The van der Waals surface area contributed by atoms with Gasteiger partial charge in [-0.3, -0.25) is 5.10 Å². The van der Waals surface area contributed by atoms with Crippen LogP contribution in [0.3, 0.4) is 0 Å². The van der Waals surface area contributed by atoms with Gasteiger partial charge in [0.1, 0.15) is 12.1 Å². The number of H-pyrrole nitrogens is 1. The van der Waals surface area contributed by atoms with Gasteiger partial charge in [-0.2, -0.15) is 5.10 Å². The van der Waals surface area contributed by atoms with Crippen molar-refractivity contribution in [2.45, 2.75) is 0 Å². The second-order valence-electron chi connectivity index (χ2n) is 5.17. The van der Waals surface area contributed by atoms with E-state index in [1.807, 2.05) is 47.3 Å². The number of aromatic amines is 1. The van der Waals surface area contributed by atoms with Crippen LogP contribution in [0, 0.1) is 5.82 Å². The fourth-order valence-electron chi connectivity index (χ4n) is 2.59. The molecule has 0 saturated heterocycles. The van der Waals surface area contributed by atoms with Gasteiger partial charge in [0, 0.05) is 29.2 Å². The number of halogens is 1. The zero-order valence-corrected chi connectivity index (χ0v) is 12.1. The summed E-state index contributed by atoms with van der Waals surface area (Å²) >= 11 is 0. The van der Waals surface area contributed by atoms with Crippen molar-refractivity contribution in [1.29, 1.82) is 0 Å². The number of nitrogens with one attached hydrogen (secondary N) is 1. The Kier molecular flexibility index (Phi) is 3.24. The second kappa shape index (κ2) is 5.53. The summed E-state index contributed by atoms with van der Waals surface area (Å²) in [7, 11) is 0. The van der Waals surface area contributed by atoms with Crippen LogP contribution >= 0.6 is 0 Å². The third kappa shape index (κ3) is 2.53. The molecular weight excluding hydrogens is 291 g/mol. The van der Waals surface area contributed by atoms with Crippen molar-refractivity contribution in [2.75, 3.05) is 0 Å². The summed E-state index contributed by atoms with van der Waals surface area (Å²) < 4.78 is 15.1. The van der Waals surface area contributed by atoms with E-state index in [0.717, 1.165) is 22.4 Å². The molecule has 2 aromatic heterocycles. The van der Waals surface area contributed by atoms with E-state index < -0.39 is 0 Å². The van der Waals surface area contributed by atoms with Crippen molar-refractivity contribution >= 4 is 0 Å². The van der Waals surface area contributed by atoms with Gasteiger partial charge in [0.15, 0.2) is 5.82 Å². The molecule has 0 saturated carbocycles. The van der Waals surface area contributed by atoms with Crippen molar-refractivity contribution in [3.05, 3.63) is 79.1 Å². The number of benzene rings is 2. The van der Waals surface area contributed by atoms with Gasteiger partial charge in [0.2, 0.25) is 0 Å². The van der Waals surface area contributed by atoms with E-state index in [0.29, 0.717) is 5.82 Å². The van der Waals surface area contributed by atoms with Crippen LogP contribution in [0.4, 0.5) is 4.39 Å². The van der Waals surface area contributed by atoms with Crippen LogP contribution in [0.1, 0.15) is 0 Å². The molecule has 4 aromatic rings. The number of rotatable bonds is 3. The van der Waals surface area contributed by atoms with Gasteiger partial charge in [0.25, 0.3) is 0 Å². The normalized spacial score (nSPS) is 10.8. The minimum absolute atomic E-state index is 0.250. The SMILES string of the molecule is Fc1ccc(-n2cc(-c3ccccc3)c(-c3ncn[nH]3)c2)cc1. The summed E-state index contributed by atoms with van der Waals surface area (Å²) in [4.78, 5) is 4.25. The molecule has 0 aliphatic carbocycles. The maximum absolute atomic E-state index is 13.1. The van der Waals surface area contributed by atoms with Gasteiger partial charge in [0.05, 0.1) is 0 Å². The van der Waals surface area contributed by atoms with Crippen LogP contribution in [0.5, 0.6) is 0 Å². The van der Waals surface area contributed by atoms with E-state index in [4.69, 9.17) is 0 Å². The number of aromatic nitrogens is 4. The lowest BCUT2D eigenvalue weighted by Crippen LogP contribution is -1.89. The Morgan fingerprint density at radius 1 is 0.870 bits per heavy atom. The van der Waals surface area contributed by atoms with E-state index in [2.05, 4.69) is 15.2 Å². The molecule has 2 aromatic carbocycles. The molecule has 0 aliphatic heterocycles. The summed E-state index contributed by atoms with van der Waals surface area (Å²) in [5.74, 6) is 0.448.